The van der Waals surface area contributed by atoms with Crippen molar-refractivity contribution in [3.05, 3.63) is 53.5 Å². The molecule has 3 aromatic rings. The highest BCUT2D eigenvalue weighted by molar-refractivity contribution is 5.95. The Morgan fingerprint density at radius 2 is 2.14 bits per heavy atom. The number of nitrogens with zero attached hydrogens (tertiary/aromatic N) is 3. The first kappa shape index (κ1) is 12.9. The van der Waals surface area contributed by atoms with E-state index in [4.69, 9.17) is 10.00 Å². The fourth-order valence-electron chi connectivity index (χ4n) is 2.17. The number of benzene rings is 1. The molecule has 21 heavy (non-hydrogen) atoms. The monoisotopic (exact) mass is 276 g/mol. The molecule has 5 nitrogen and oxygen atoms in total. The van der Waals surface area contributed by atoms with Gasteiger partial charge in [-0.2, -0.15) is 10.4 Å². The molecule has 0 atom stereocenters. The van der Waals surface area contributed by atoms with Crippen LogP contribution < -0.4 is 4.74 Å². The predicted octanol–water partition coefficient (Wildman–Crippen LogP) is 3.01. The third-order valence-electron chi connectivity index (χ3n) is 3.13. The highest BCUT2D eigenvalue weighted by Gasteiger charge is 2.13. The highest BCUT2D eigenvalue weighted by Crippen LogP contribution is 2.31. The zero-order valence-corrected chi connectivity index (χ0v) is 11.4. The average molecular weight is 276 g/mol. The van der Waals surface area contributed by atoms with Crippen LogP contribution in [0.4, 0.5) is 0 Å². The topological polar surface area (TPSA) is 74.6 Å². The van der Waals surface area contributed by atoms with Crippen LogP contribution in [0.5, 0.6) is 5.75 Å². The van der Waals surface area contributed by atoms with Crippen LogP contribution >= 0.6 is 0 Å². The maximum atomic E-state index is 9.16. The Balaban J connectivity index is 2.12. The molecule has 0 aliphatic heterocycles. The van der Waals surface area contributed by atoms with Crippen LogP contribution in [0.3, 0.4) is 0 Å². The second-order valence-electron chi connectivity index (χ2n) is 4.38. The van der Waals surface area contributed by atoms with Crippen molar-refractivity contribution in [3.63, 3.8) is 0 Å². The Bertz CT molecular complexity index is 844. The normalized spacial score (nSPS) is 10.9. The molecule has 1 N–H and O–H groups in total. The molecule has 0 amide bonds. The Labute approximate surface area is 121 Å². The van der Waals surface area contributed by atoms with Gasteiger partial charge in [0.05, 0.1) is 35.0 Å². The molecule has 1 aromatic carbocycles. The van der Waals surface area contributed by atoms with Crippen molar-refractivity contribution in [1.29, 1.82) is 5.26 Å². The Morgan fingerprint density at radius 3 is 2.86 bits per heavy atom. The lowest BCUT2D eigenvalue weighted by Gasteiger charge is -2.04. The molecule has 0 aliphatic carbocycles. The molecule has 102 valence electrons. The van der Waals surface area contributed by atoms with Crippen molar-refractivity contribution >= 4 is 23.1 Å². The number of methoxy groups -OCH3 is 1. The van der Waals surface area contributed by atoms with Crippen LogP contribution in [-0.4, -0.2) is 22.3 Å². The van der Waals surface area contributed by atoms with E-state index in [0.29, 0.717) is 11.3 Å². The number of pyridine rings is 1. The molecule has 2 aromatic heterocycles. The summed E-state index contributed by atoms with van der Waals surface area (Å²) in [6.07, 6.45) is 5.49. The minimum atomic E-state index is 0.485. The lowest BCUT2D eigenvalue weighted by atomic mass is 10.1. The maximum Gasteiger partial charge on any atom is 0.148 e. The van der Waals surface area contributed by atoms with Crippen molar-refractivity contribution in [2.45, 2.75) is 0 Å². The molecule has 3 rings (SSSR count). The van der Waals surface area contributed by atoms with Gasteiger partial charge in [-0.05, 0) is 36.4 Å². The number of fused-ring (bicyclic) bond motifs is 1. The quantitative estimate of drug-likeness (QED) is 0.798. The molecule has 0 unspecified atom stereocenters. The average Bonchev–Trinajstić information content (AvgIpc) is 2.96. The number of hydrogen-bond donors (Lipinski definition) is 1. The molecule has 0 bridgehead atoms. The van der Waals surface area contributed by atoms with E-state index in [-0.39, 0.29) is 0 Å². The van der Waals surface area contributed by atoms with E-state index >= 15 is 0 Å². The van der Waals surface area contributed by atoms with E-state index in [0.717, 1.165) is 22.3 Å². The van der Waals surface area contributed by atoms with Crippen LogP contribution in [0, 0.1) is 11.3 Å². The molecule has 0 fully saturated rings. The first-order valence-corrected chi connectivity index (χ1v) is 6.38. The Kier molecular flexibility index (Phi) is 3.36. The van der Waals surface area contributed by atoms with Crippen LogP contribution in [-0.2, 0) is 0 Å². The second kappa shape index (κ2) is 5.47. The van der Waals surface area contributed by atoms with Crippen LogP contribution in [0.1, 0.15) is 17.0 Å². The van der Waals surface area contributed by atoms with Crippen LogP contribution in [0.25, 0.3) is 23.1 Å². The van der Waals surface area contributed by atoms with Crippen molar-refractivity contribution in [3.8, 4) is 11.8 Å². The van der Waals surface area contributed by atoms with Gasteiger partial charge in [0.25, 0.3) is 0 Å². The van der Waals surface area contributed by atoms with Gasteiger partial charge >= 0.3 is 0 Å². The van der Waals surface area contributed by atoms with Crippen LogP contribution in [0.15, 0.2) is 36.5 Å². The first-order chi connectivity index (χ1) is 10.3. The first-order valence-electron chi connectivity index (χ1n) is 6.38. The summed E-state index contributed by atoms with van der Waals surface area (Å²) in [5.41, 5.74) is 2.87. The third-order valence-corrected chi connectivity index (χ3v) is 3.13. The number of ether oxygens (including phenoxy) is 1. The number of aromatic amines is 1. The lowest BCUT2D eigenvalue weighted by Crippen LogP contribution is -1.89. The smallest absolute Gasteiger partial charge is 0.148 e. The van der Waals surface area contributed by atoms with Gasteiger partial charge in [0.2, 0.25) is 0 Å². The number of nitriles is 1. The molecule has 0 aliphatic rings. The second-order valence-corrected chi connectivity index (χ2v) is 4.38. The maximum absolute atomic E-state index is 9.16. The molecule has 0 saturated heterocycles. The Hall–Kier alpha value is -3.13. The number of aromatic nitrogens is 3. The summed E-state index contributed by atoms with van der Waals surface area (Å²) < 4.78 is 5.37. The van der Waals surface area contributed by atoms with Gasteiger partial charge in [-0.15, -0.1) is 0 Å². The van der Waals surface area contributed by atoms with Gasteiger partial charge in [-0.3, -0.25) is 10.1 Å². The summed E-state index contributed by atoms with van der Waals surface area (Å²) in [5, 5.41) is 17.1. The molecule has 0 spiro atoms. The largest absolute Gasteiger partial charge is 0.495 e. The lowest BCUT2D eigenvalue weighted by molar-refractivity contribution is 0.418. The zero-order valence-electron chi connectivity index (χ0n) is 11.4. The molecule has 0 radical (unpaired) electrons. The Morgan fingerprint density at radius 1 is 1.24 bits per heavy atom. The van der Waals surface area contributed by atoms with Crippen molar-refractivity contribution in [2.24, 2.45) is 0 Å². The van der Waals surface area contributed by atoms with E-state index in [1.165, 1.54) is 0 Å². The number of nitrogens with one attached hydrogen (secondary N) is 1. The van der Waals surface area contributed by atoms with Gasteiger partial charge < -0.3 is 4.74 Å². The minimum Gasteiger partial charge on any atom is -0.495 e. The molecule has 0 saturated carbocycles. The van der Waals surface area contributed by atoms with Gasteiger partial charge in [-0.25, -0.2) is 0 Å². The van der Waals surface area contributed by atoms with E-state index in [9.17, 15) is 0 Å². The summed E-state index contributed by atoms with van der Waals surface area (Å²) >= 11 is 0. The summed E-state index contributed by atoms with van der Waals surface area (Å²) in [4.78, 5) is 4.23. The summed E-state index contributed by atoms with van der Waals surface area (Å²) in [6, 6.07) is 11.3. The molecular formula is C16H12N4O. The zero-order chi connectivity index (χ0) is 14.7. The highest BCUT2D eigenvalue weighted by atomic mass is 16.5. The third kappa shape index (κ3) is 2.35. The summed E-state index contributed by atoms with van der Waals surface area (Å²) in [7, 11) is 1.55. The summed E-state index contributed by atoms with van der Waals surface area (Å²) in [6.45, 7) is 0. The fraction of sp³-hybridized carbons (Fsp3) is 0.0625. The van der Waals surface area contributed by atoms with Crippen LogP contribution in [0.2, 0.25) is 0 Å². The summed E-state index contributed by atoms with van der Waals surface area (Å²) in [5.74, 6) is 0.532. The van der Waals surface area contributed by atoms with Crippen molar-refractivity contribution in [2.75, 3.05) is 7.11 Å². The van der Waals surface area contributed by atoms with E-state index < -0.39 is 0 Å². The minimum absolute atomic E-state index is 0.485. The van der Waals surface area contributed by atoms with E-state index in [1.54, 1.807) is 25.4 Å². The van der Waals surface area contributed by atoms with Crippen molar-refractivity contribution < 1.29 is 4.74 Å². The standard InChI is InChI=1S/C16H12N4O/c1-21-16-11(10-17)5-7-13-15(16)14(20-19-13)8-6-12-4-2-3-9-18-12/h2-9H,1H3,(H,19,20)/b8-6+. The van der Waals surface area contributed by atoms with E-state index in [2.05, 4.69) is 21.3 Å². The van der Waals surface area contributed by atoms with Gasteiger partial charge in [-0.1, -0.05) is 6.07 Å². The van der Waals surface area contributed by atoms with Crippen molar-refractivity contribution in [1.82, 2.24) is 15.2 Å². The predicted molar refractivity (Wildman–Crippen MR) is 80.5 cm³/mol. The molecule has 2 heterocycles. The van der Waals surface area contributed by atoms with Gasteiger partial charge in [0.1, 0.15) is 11.8 Å². The van der Waals surface area contributed by atoms with Gasteiger partial charge in [0, 0.05) is 6.20 Å². The van der Waals surface area contributed by atoms with Gasteiger partial charge in [0.15, 0.2) is 0 Å². The number of hydrogen-bond acceptors (Lipinski definition) is 4. The molecule has 5 heteroatoms. The van der Waals surface area contributed by atoms with E-state index in [1.807, 2.05) is 30.4 Å². The molecular weight excluding hydrogens is 264 g/mol. The number of H-pyrrole nitrogens is 1. The fourth-order valence-corrected chi connectivity index (χ4v) is 2.17. The SMILES string of the molecule is COc1c(C#N)ccc2n[nH]c(/C=C/c3ccccn3)c12. The number of rotatable bonds is 3.